The zero-order valence-electron chi connectivity index (χ0n) is 21.9. The third-order valence-corrected chi connectivity index (χ3v) is 6.03. The van der Waals surface area contributed by atoms with E-state index in [4.69, 9.17) is 0 Å². The van der Waals surface area contributed by atoms with E-state index in [-0.39, 0.29) is 10.8 Å². The molecular weight excluding hydrogens is 396 g/mol. The van der Waals surface area contributed by atoms with Gasteiger partial charge in [-0.3, -0.25) is 0 Å². The Bertz CT molecular complexity index is 858. The van der Waals surface area contributed by atoms with E-state index in [9.17, 15) is 10.2 Å². The molecule has 0 unspecified atom stereocenters. The molecule has 4 nitrogen and oxygen atoms in total. The number of aromatic hydroxyl groups is 2. The molecule has 0 radical (unpaired) electrons. The fourth-order valence-corrected chi connectivity index (χ4v) is 4.17. The molecule has 2 aromatic rings. The van der Waals surface area contributed by atoms with Gasteiger partial charge in [0.1, 0.15) is 11.5 Å². The lowest BCUT2D eigenvalue weighted by Gasteiger charge is -2.27. The first-order valence-corrected chi connectivity index (χ1v) is 11.6. The molecule has 0 aliphatic heterocycles. The van der Waals surface area contributed by atoms with E-state index >= 15 is 0 Å². The molecule has 0 amide bonds. The average molecular weight is 441 g/mol. The van der Waals surface area contributed by atoms with Crippen LogP contribution in [0.2, 0.25) is 0 Å². The summed E-state index contributed by atoms with van der Waals surface area (Å²) in [7, 11) is 4.18. The molecule has 178 valence electrons. The molecule has 0 bridgehead atoms. The van der Waals surface area contributed by atoms with E-state index in [1.54, 1.807) is 0 Å². The molecule has 0 fully saturated rings. The number of phenols is 2. The van der Waals surface area contributed by atoms with Crippen molar-refractivity contribution in [1.82, 2.24) is 9.80 Å². The van der Waals surface area contributed by atoms with Crippen molar-refractivity contribution >= 4 is 0 Å². The van der Waals surface area contributed by atoms with E-state index < -0.39 is 0 Å². The summed E-state index contributed by atoms with van der Waals surface area (Å²) in [6.07, 6.45) is 0. The largest absolute Gasteiger partial charge is 0.507 e. The van der Waals surface area contributed by atoms with E-state index in [2.05, 4.69) is 104 Å². The fraction of sp³-hybridized carbons (Fsp3) is 0.571. The minimum absolute atomic E-state index is 0.0919. The van der Waals surface area contributed by atoms with Gasteiger partial charge in [0.15, 0.2) is 0 Å². The molecule has 0 aliphatic rings. The minimum atomic E-state index is -0.0919. The molecule has 2 N–H and O–H groups in total. The maximum atomic E-state index is 10.9. The zero-order chi connectivity index (χ0) is 24.4. The fourth-order valence-electron chi connectivity index (χ4n) is 4.17. The van der Waals surface area contributed by atoms with Gasteiger partial charge in [-0.1, -0.05) is 76.9 Å². The van der Waals surface area contributed by atoms with Crippen LogP contribution >= 0.6 is 0 Å². The number of hydrogen-bond acceptors (Lipinski definition) is 4. The summed E-state index contributed by atoms with van der Waals surface area (Å²) in [6.45, 7) is 20.1. The van der Waals surface area contributed by atoms with Crippen LogP contribution in [0.25, 0.3) is 0 Å². The number of phenolic OH excluding ortho intramolecular Hbond substituents is 2. The van der Waals surface area contributed by atoms with Gasteiger partial charge in [-0.25, -0.2) is 0 Å². The SMILES string of the molecule is Cc1cc(CN(C)CCN(C)Cc2cc(C)cc(C(C)(C)C)c2O)c(O)c(C(C)(C)C)c1. The predicted octanol–water partition coefficient (Wildman–Crippen LogP) is 5.87. The molecule has 32 heavy (non-hydrogen) atoms. The van der Waals surface area contributed by atoms with Crippen LogP contribution in [-0.4, -0.2) is 47.2 Å². The highest BCUT2D eigenvalue weighted by molar-refractivity contribution is 5.47. The molecule has 0 aromatic heterocycles. The van der Waals surface area contributed by atoms with Crippen LogP contribution in [0, 0.1) is 13.8 Å². The maximum absolute atomic E-state index is 10.9. The van der Waals surface area contributed by atoms with Crippen LogP contribution in [0.3, 0.4) is 0 Å². The number of likely N-dealkylation sites (N-methyl/N-ethyl adjacent to an activating group) is 2. The molecule has 2 rings (SSSR count). The normalized spacial score (nSPS) is 12.8. The minimum Gasteiger partial charge on any atom is -0.507 e. The molecule has 0 saturated heterocycles. The van der Waals surface area contributed by atoms with Gasteiger partial charge in [-0.15, -0.1) is 0 Å². The summed E-state index contributed by atoms with van der Waals surface area (Å²) in [5.74, 6) is 0.838. The molecule has 4 heteroatoms. The van der Waals surface area contributed by atoms with E-state index in [0.29, 0.717) is 24.6 Å². The summed E-state index contributed by atoms with van der Waals surface area (Å²) < 4.78 is 0. The number of aryl methyl sites for hydroxylation is 2. The molecule has 0 aliphatic carbocycles. The lowest BCUT2D eigenvalue weighted by Crippen LogP contribution is -2.30. The standard InChI is InChI=1S/C28H44N2O2/c1-19-13-21(25(31)23(15-19)27(3,4)5)17-29(9)11-12-30(10)18-22-14-20(2)16-24(26(22)32)28(6,7)8/h13-16,31-32H,11-12,17-18H2,1-10H3. The lowest BCUT2D eigenvalue weighted by molar-refractivity contribution is 0.243. The van der Waals surface area contributed by atoms with Crippen molar-refractivity contribution in [3.8, 4) is 11.5 Å². The highest BCUT2D eigenvalue weighted by Crippen LogP contribution is 2.36. The smallest absolute Gasteiger partial charge is 0.123 e. The van der Waals surface area contributed by atoms with Gasteiger partial charge in [0.05, 0.1) is 0 Å². The van der Waals surface area contributed by atoms with Crippen molar-refractivity contribution in [2.75, 3.05) is 27.2 Å². The molecule has 0 saturated carbocycles. The zero-order valence-corrected chi connectivity index (χ0v) is 21.9. The Morgan fingerprint density at radius 2 is 0.938 bits per heavy atom. The van der Waals surface area contributed by atoms with Crippen LogP contribution in [-0.2, 0) is 23.9 Å². The van der Waals surface area contributed by atoms with Crippen LogP contribution < -0.4 is 0 Å². The first-order valence-electron chi connectivity index (χ1n) is 11.6. The second-order valence-corrected chi connectivity index (χ2v) is 11.6. The summed E-state index contributed by atoms with van der Waals surface area (Å²) in [5.41, 5.74) is 6.13. The van der Waals surface area contributed by atoms with Gasteiger partial charge in [-0.2, -0.15) is 0 Å². The van der Waals surface area contributed by atoms with Crippen LogP contribution in [0.15, 0.2) is 24.3 Å². The van der Waals surface area contributed by atoms with Crippen molar-refractivity contribution < 1.29 is 10.2 Å². The summed E-state index contributed by atoms with van der Waals surface area (Å²) >= 11 is 0. The van der Waals surface area contributed by atoms with Gasteiger partial charge >= 0.3 is 0 Å². The predicted molar refractivity (Wildman–Crippen MR) is 136 cm³/mol. The molecule has 0 spiro atoms. The second-order valence-electron chi connectivity index (χ2n) is 11.6. The van der Waals surface area contributed by atoms with Crippen molar-refractivity contribution in [2.24, 2.45) is 0 Å². The Kier molecular flexibility index (Phi) is 8.06. The Labute approximate surface area is 195 Å². The highest BCUT2D eigenvalue weighted by Gasteiger charge is 2.22. The third-order valence-electron chi connectivity index (χ3n) is 6.03. The van der Waals surface area contributed by atoms with Gasteiger partial charge in [0.2, 0.25) is 0 Å². The number of rotatable bonds is 7. The first-order chi connectivity index (χ1) is 14.6. The van der Waals surface area contributed by atoms with E-state index in [1.165, 1.54) is 11.1 Å². The molecule has 0 atom stereocenters. The van der Waals surface area contributed by atoms with Crippen LogP contribution in [0.5, 0.6) is 11.5 Å². The number of benzene rings is 2. The van der Waals surface area contributed by atoms with E-state index in [1.807, 2.05) is 0 Å². The first kappa shape index (κ1) is 26.2. The lowest BCUT2D eigenvalue weighted by atomic mass is 9.84. The Morgan fingerprint density at radius 3 is 1.22 bits per heavy atom. The maximum Gasteiger partial charge on any atom is 0.123 e. The number of nitrogens with zero attached hydrogens (tertiary/aromatic N) is 2. The quantitative estimate of drug-likeness (QED) is 0.565. The van der Waals surface area contributed by atoms with Crippen LogP contribution in [0.4, 0.5) is 0 Å². The monoisotopic (exact) mass is 440 g/mol. The Morgan fingerprint density at radius 1 is 0.625 bits per heavy atom. The van der Waals surface area contributed by atoms with Gasteiger partial charge < -0.3 is 20.0 Å². The topological polar surface area (TPSA) is 46.9 Å². The van der Waals surface area contributed by atoms with Gasteiger partial charge in [-0.05, 0) is 49.9 Å². The summed E-state index contributed by atoms with van der Waals surface area (Å²) in [6, 6.07) is 8.35. The van der Waals surface area contributed by atoms with Crippen molar-refractivity contribution in [3.63, 3.8) is 0 Å². The molecular formula is C28H44N2O2. The molecule has 2 aromatic carbocycles. The summed E-state index contributed by atoms with van der Waals surface area (Å²) in [4.78, 5) is 4.49. The Hall–Kier alpha value is -2.04. The van der Waals surface area contributed by atoms with Crippen LogP contribution in [0.1, 0.15) is 74.9 Å². The highest BCUT2D eigenvalue weighted by atomic mass is 16.3. The van der Waals surface area contributed by atoms with Gasteiger partial charge in [0.25, 0.3) is 0 Å². The third kappa shape index (κ3) is 6.73. The van der Waals surface area contributed by atoms with E-state index in [0.717, 1.165) is 35.3 Å². The van der Waals surface area contributed by atoms with Crippen molar-refractivity contribution in [2.45, 2.75) is 79.3 Å². The summed E-state index contributed by atoms with van der Waals surface area (Å²) in [5, 5.41) is 21.7. The second kappa shape index (κ2) is 9.84. The Balaban J connectivity index is 2.05. The molecule has 0 heterocycles. The average Bonchev–Trinajstić information content (AvgIpc) is 2.63. The van der Waals surface area contributed by atoms with Crippen molar-refractivity contribution in [3.05, 3.63) is 57.6 Å². The van der Waals surface area contributed by atoms with Crippen molar-refractivity contribution in [1.29, 1.82) is 0 Å². The number of hydrogen-bond donors (Lipinski definition) is 2. The van der Waals surface area contributed by atoms with Gasteiger partial charge in [0, 0.05) is 37.3 Å².